The molecule has 0 fully saturated rings. The molecule has 0 bridgehead atoms. The number of nitrogens with zero attached hydrogens (tertiary/aromatic N) is 4. The van der Waals surface area contributed by atoms with Gasteiger partial charge in [0.15, 0.2) is 17.3 Å². The molecule has 160 valence electrons. The van der Waals surface area contributed by atoms with Gasteiger partial charge in [-0.3, -0.25) is 4.79 Å². The van der Waals surface area contributed by atoms with Crippen molar-refractivity contribution in [3.63, 3.8) is 0 Å². The lowest BCUT2D eigenvalue weighted by Gasteiger charge is -2.12. The van der Waals surface area contributed by atoms with Gasteiger partial charge in [-0.05, 0) is 52.4 Å². The van der Waals surface area contributed by atoms with Crippen LogP contribution < -0.4 is 9.47 Å². The molecule has 0 saturated heterocycles. The van der Waals surface area contributed by atoms with Crippen LogP contribution in [0.1, 0.15) is 21.5 Å². The van der Waals surface area contributed by atoms with Gasteiger partial charge in [0.1, 0.15) is 12.9 Å². The molecule has 7 nitrogen and oxygen atoms in total. The number of ether oxygens (including phenoxy) is 2. The van der Waals surface area contributed by atoms with E-state index < -0.39 is 0 Å². The van der Waals surface area contributed by atoms with Crippen LogP contribution >= 0.6 is 11.6 Å². The SMILES string of the molecule is COc1cc(C=CC(=O)c2cccc(-n3cnnn3)c2)ccc1OCc1ccccc1Cl. The maximum atomic E-state index is 12.6. The molecular weight excluding hydrogens is 428 g/mol. The third kappa shape index (κ3) is 5.01. The summed E-state index contributed by atoms with van der Waals surface area (Å²) in [6.45, 7) is 0.321. The minimum atomic E-state index is -0.141. The van der Waals surface area contributed by atoms with Crippen molar-refractivity contribution >= 4 is 23.5 Å². The summed E-state index contributed by atoms with van der Waals surface area (Å²) in [6, 6.07) is 20.1. The topological polar surface area (TPSA) is 79.1 Å². The van der Waals surface area contributed by atoms with Gasteiger partial charge < -0.3 is 9.47 Å². The summed E-state index contributed by atoms with van der Waals surface area (Å²) in [4.78, 5) is 12.6. The smallest absolute Gasteiger partial charge is 0.185 e. The lowest BCUT2D eigenvalue weighted by Crippen LogP contribution is -2.00. The van der Waals surface area contributed by atoms with Crippen LogP contribution in [-0.2, 0) is 6.61 Å². The van der Waals surface area contributed by atoms with E-state index in [-0.39, 0.29) is 5.78 Å². The summed E-state index contributed by atoms with van der Waals surface area (Å²) in [6.07, 6.45) is 4.71. The maximum Gasteiger partial charge on any atom is 0.185 e. The molecule has 0 aliphatic rings. The molecule has 4 aromatic rings. The van der Waals surface area contributed by atoms with Crippen molar-refractivity contribution < 1.29 is 14.3 Å². The second-order valence-corrected chi connectivity index (χ2v) is 7.20. The molecule has 0 aliphatic heterocycles. The van der Waals surface area contributed by atoms with Gasteiger partial charge in [-0.1, -0.05) is 54.1 Å². The predicted octanol–water partition coefficient (Wildman–Crippen LogP) is 4.80. The molecule has 0 aliphatic carbocycles. The van der Waals surface area contributed by atoms with Crippen molar-refractivity contribution in [2.24, 2.45) is 0 Å². The van der Waals surface area contributed by atoms with Crippen LogP contribution in [0.3, 0.4) is 0 Å². The number of rotatable bonds is 8. The third-order valence-corrected chi connectivity index (χ3v) is 5.07. The van der Waals surface area contributed by atoms with Crippen molar-refractivity contribution in [3.8, 4) is 17.2 Å². The van der Waals surface area contributed by atoms with E-state index >= 15 is 0 Å². The Labute approximate surface area is 189 Å². The summed E-state index contributed by atoms with van der Waals surface area (Å²) in [5, 5.41) is 11.7. The fourth-order valence-corrected chi connectivity index (χ4v) is 3.22. The Balaban J connectivity index is 1.46. The average Bonchev–Trinajstić information content (AvgIpc) is 3.37. The third-order valence-electron chi connectivity index (χ3n) is 4.70. The summed E-state index contributed by atoms with van der Waals surface area (Å²) in [5.41, 5.74) is 2.92. The average molecular weight is 447 g/mol. The number of allylic oxidation sites excluding steroid dienone is 1. The van der Waals surface area contributed by atoms with Gasteiger partial charge in [0, 0.05) is 16.1 Å². The fourth-order valence-electron chi connectivity index (χ4n) is 3.03. The standard InChI is InChI=1S/C24H19ClN4O3/c1-31-24-13-17(10-12-23(24)32-15-19-5-2-3-8-21(19)25)9-11-22(30)18-6-4-7-20(14-18)29-16-26-27-28-29/h2-14,16H,15H2,1H3. The molecule has 0 saturated carbocycles. The minimum absolute atomic E-state index is 0.141. The van der Waals surface area contributed by atoms with E-state index in [2.05, 4.69) is 15.5 Å². The number of carbonyl (C=O) groups excluding carboxylic acids is 1. The normalized spacial score (nSPS) is 10.9. The number of methoxy groups -OCH3 is 1. The Kier molecular flexibility index (Phi) is 6.57. The zero-order chi connectivity index (χ0) is 22.3. The molecule has 0 radical (unpaired) electrons. The van der Waals surface area contributed by atoms with Crippen LogP contribution in [0, 0.1) is 0 Å². The molecule has 32 heavy (non-hydrogen) atoms. The summed E-state index contributed by atoms with van der Waals surface area (Å²) in [5.74, 6) is 1.01. The molecular formula is C24H19ClN4O3. The minimum Gasteiger partial charge on any atom is -0.493 e. The van der Waals surface area contributed by atoms with Crippen LogP contribution in [0.2, 0.25) is 5.02 Å². The fraction of sp³-hybridized carbons (Fsp3) is 0.0833. The van der Waals surface area contributed by atoms with Crippen LogP contribution in [0.4, 0.5) is 0 Å². The lowest BCUT2D eigenvalue weighted by molar-refractivity contribution is 0.104. The van der Waals surface area contributed by atoms with Gasteiger partial charge in [0.25, 0.3) is 0 Å². The number of hydrogen-bond acceptors (Lipinski definition) is 6. The second-order valence-electron chi connectivity index (χ2n) is 6.79. The van der Waals surface area contributed by atoms with Crippen molar-refractivity contribution in [3.05, 3.63) is 101 Å². The number of tetrazole rings is 1. The molecule has 0 atom stereocenters. The van der Waals surface area contributed by atoms with Gasteiger partial charge >= 0.3 is 0 Å². The number of hydrogen-bond donors (Lipinski definition) is 0. The first kappa shape index (κ1) is 21.3. The number of benzene rings is 3. The molecule has 3 aromatic carbocycles. The van der Waals surface area contributed by atoms with Crippen LogP contribution in [0.15, 0.2) is 79.1 Å². The van der Waals surface area contributed by atoms with Gasteiger partial charge in [-0.15, -0.1) is 5.10 Å². The Bertz CT molecular complexity index is 1260. The molecule has 0 amide bonds. The highest BCUT2D eigenvalue weighted by Crippen LogP contribution is 2.30. The Morgan fingerprint density at radius 2 is 1.94 bits per heavy atom. The van der Waals surface area contributed by atoms with E-state index in [1.165, 1.54) is 17.1 Å². The number of aromatic nitrogens is 4. The Morgan fingerprint density at radius 1 is 1.06 bits per heavy atom. The van der Waals surface area contributed by atoms with E-state index in [0.29, 0.717) is 34.4 Å². The zero-order valence-corrected chi connectivity index (χ0v) is 17.9. The number of ketones is 1. The highest BCUT2D eigenvalue weighted by atomic mass is 35.5. The van der Waals surface area contributed by atoms with E-state index in [0.717, 1.165) is 11.1 Å². The van der Waals surface area contributed by atoms with Gasteiger partial charge in [0.05, 0.1) is 12.8 Å². The van der Waals surface area contributed by atoms with Gasteiger partial charge in [-0.25, -0.2) is 4.68 Å². The van der Waals surface area contributed by atoms with E-state index in [1.807, 2.05) is 42.5 Å². The first-order chi connectivity index (χ1) is 15.6. The molecule has 0 spiro atoms. The first-order valence-corrected chi connectivity index (χ1v) is 10.1. The van der Waals surface area contributed by atoms with E-state index in [4.69, 9.17) is 21.1 Å². The van der Waals surface area contributed by atoms with Crippen molar-refractivity contribution in [1.82, 2.24) is 20.2 Å². The van der Waals surface area contributed by atoms with Crippen molar-refractivity contribution in [2.75, 3.05) is 7.11 Å². The maximum absolute atomic E-state index is 12.6. The summed E-state index contributed by atoms with van der Waals surface area (Å²) >= 11 is 6.19. The lowest BCUT2D eigenvalue weighted by atomic mass is 10.1. The summed E-state index contributed by atoms with van der Waals surface area (Å²) < 4.78 is 12.8. The van der Waals surface area contributed by atoms with E-state index in [1.54, 1.807) is 37.5 Å². The largest absolute Gasteiger partial charge is 0.493 e. The number of halogens is 1. The van der Waals surface area contributed by atoms with Crippen LogP contribution in [0.5, 0.6) is 11.5 Å². The molecule has 0 N–H and O–H groups in total. The van der Waals surface area contributed by atoms with E-state index in [9.17, 15) is 4.79 Å². The van der Waals surface area contributed by atoms with Crippen LogP contribution in [0.25, 0.3) is 11.8 Å². The first-order valence-electron chi connectivity index (χ1n) is 9.74. The summed E-state index contributed by atoms with van der Waals surface area (Å²) in [7, 11) is 1.57. The highest BCUT2D eigenvalue weighted by Gasteiger charge is 2.08. The van der Waals surface area contributed by atoms with Crippen molar-refractivity contribution in [2.45, 2.75) is 6.61 Å². The van der Waals surface area contributed by atoms with Gasteiger partial charge in [0.2, 0.25) is 0 Å². The second kappa shape index (κ2) is 9.89. The Morgan fingerprint density at radius 3 is 2.72 bits per heavy atom. The highest BCUT2D eigenvalue weighted by molar-refractivity contribution is 6.31. The Hall–Kier alpha value is -3.97. The van der Waals surface area contributed by atoms with Gasteiger partial charge in [-0.2, -0.15) is 0 Å². The predicted molar refractivity (Wildman–Crippen MR) is 121 cm³/mol. The molecule has 8 heteroatoms. The zero-order valence-electron chi connectivity index (χ0n) is 17.2. The molecule has 4 rings (SSSR count). The monoisotopic (exact) mass is 446 g/mol. The molecule has 1 heterocycles. The van der Waals surface area contributed by atoms with Crippen molar-refractivity contribution in [1.29, 1.82) is 0 Å². The molecule has 0 unspecified atom stereocenters. The van der Waals surface area contributed by atoms with Crippen LogP contribution in [-0.4, -0.2) is 33.1 Å². The number of carbonyl (C=O) groups is 1. The quantitative estimate of drug-likeness (QED) is 0.286. The molecule has 1 aromatic heterocycles.